The van der Waals surface area contributed by atoms with Crippen LogP contribution in [0.3, 0.4) is 0 Å². The third-order valence-corrected chi connectivity index (χ3v) is 3.34. The Morgan fingerprint density at radius 1 is 1.25 bits per heavy atom. The van der Waals surface area contributed by atoms with Crippen molar-refractivity contribution in [3.63, 3.8) is 0 Å². The van der Waals surface area contributed by atoms with Gasteiger partial charge in [-0.25, -0.2) is 0 Å². The van der Waals surface area contributed by atoms with E-state index in [9.17, 15) is 9.59 Å². The third kappa shape index (κ3) is 2.95. The summed E-state index contributed by atoms with van der Waals surface area (Å²) in [5, 5.41) is 9.01. The lowest BCUT2D eigenvalue weighted by Gasteiger charge is -2.29. The molecule has 2 unspecified atom stereocenters. The van der Waals surface area contributed by atoms with Gasteiger partial charge in [0.25, 0.3) is 0 Å². The van der Waals surface area contributed by atoms with Crippen molar-refractivity contribution in [1.82, 2.24) is 16.0 Å². The van der Waals surface area contributed by atoms with Crippen molar-refractivity contribution in [2.75, 3.05) is 6.54 Å². The lowest BCUT2D eigenvalue weighted by molar-refractivity contribution is -0.125. The van der Waals surface area contributed by atoms with E-state index in [1.165, 1.54) is 19.8 Å². The SMILES string of the molecule is CC(=O)NCC(=O)NC1CC2CCC(C1)N2. The van der Waals surface area contributed by atoms with E-state index in [0.29, 0.717) is 12.1 Å². The fourth-order valence-corrected chi connectivity index (χ4v) is 2.66. The molecule has 2 amide bonds. The predicted molar refractivity (Wildman–Crippen MR) is 59.8 cm³/mol. The Labute approximate surface area is 95.3 Å². The van der Waals surface area contributed by atoms with Crippen LogP contribution in [0.4, 0.5) is 0 Å². The highest BCUT2D eigenvalue weighted by Gasteiger charge is 2.33. The van der Waals surface area contributed by atoms with Crippen molar-refractivity contribution in [2.45, 2.75) is 50.7 Å². The number of fused-ring (bicyclic) bond motifs is 2. The number of carbonyl (C=O) groups is 2. The average Bonchev–Trinajstić information content (AvgIpc) is 2.55. The summed E-state index contributed by atoms with van der Waals surface area (Å²) in [4.78, 5) is 22.2. The molecule has 16 heavy (non-hydrogen) atoms. The van der Waals surface area contributed by atoms with Crippen LogP contribution in [-0.2, 0) is 9.59 Å². The molecule has 0 aromatic carbocycles. The molecule has 2 aliphatic heterocycles. The standard InChI is InChI=1S/C11H19N3O2/c1-7(15)12-6-11(16)14-10-4-8-2-3-9(5-10)13-8/h8-10,13H,2-6H2,1H3,(H,12,15)(H,14,16). The van der Waals surface area contributed by atoms with E-state index in [1.807, 2.05) is 0 Å². The first-order chi connectivity index (χ1) is 7.63. The van der Waals surface area contributed by atoms with Crippen LogP contribution in [0.1, 0.15) is 32.6 Å². The second-order valence-corrected chi connectivity index (χ2v) is 4.78. The molecule has 0 aromatic heterocycles. The Morgan fingerprint density at radius 3 is 2.44 bits per heavy atom. The van der Waals surface area contributed by atoms with Crippen molar-refractivity contribution < 1.29 is 9.59 Å². The fraction of sp³-hybridized carbons (Fsp3) is 0.818. The van der Waals surface area contributed by atoms with E-state index in [2.05, 4.69) is 16.0 Å². The van der Waals surface area contributed by atoms with Crippen molar-refractivity contribution in [3.05, 3.63) is 0 Å². The molecule has 90 valence electrons. The smallest absolute Gasteiger partial charge is 0.239 e. The van der Waals surface area contributed by atoms with E-state index in [1.54, 1.807) is 0 Å². The quantitative estimate of drug-likeness (QED) is 0.607. The zero-order valence-electron chi connectivity index (χ0n) is 9.58. The predicted octanol–water partition coefficient (Wildman–Crippen LogP) is -0.478. The Bertz CT molecular complexity index is 281. The number of carbonyl (C=O) groups excluding carboxylic acids is 2. The van der Waals surface area contributed by atoms with E-state index in [-0.39, 0.29) is 24.4 Å². The minimum Gasteiger partial charge on any atom is -0.352 e. The van der Waals surface area contributed by atoms with Crippen LogP contribution in [-0.4, -0.2) is 36.5 Å². The van der Waals surface area contributed by atoms with Crippen molar-refractivity contribution in [1.29, 1.82) is 0 Å². The van der Waals surface area contributed by atoms with Crippen LogP contribution >= 0.6 is 0 Å². The molecule has 0 spiro atoms. The number of piperidine rings is 1. The van der Waals surface area contributed by atoms with Gasteiger partial charge in [-0.2, -0.15) is 0 Å². The third-order valence-electron chi connectivity index (χ3n) is 3.34. The summed E-state index contributed by atoms with van der Waals surface area (Å²) >= 11 is 0. The molecule has 3 N–H and O–H groups in total. The molecule has 0 aromatic rings. The molecule has 2 atom stereocenters. The van der Waals surface area contributed by atoms with Gasteiger partial charge in [0.05, 0.1) is 6.54 Å². The van der Waals surface area contributed by atoms with Crippen LogP contribution in [0.25, 0.3) is 0 Å². The first kappa shape index (κ1) is 11.4. The second-order valence-electron chi connectivity index (χ2n) is 4.78. The lowest BCUT2D eigenvalue weighted by atomic mass is 10.00. The maximum atomic E-state index is 11.5. The molecule has 5 heteroatoms. The van der Waals surface area contributed by atoms with Gasteiger partial charge in [-0.05, 0) is 25.7 Å². The summed E-state index contributed by atoms with van der Waals surface area (Å²) in [6, 6.07) is 1.43. The summed E-state index contributed by atoms with van der Waals surface area (Å²) in [7, 11) is 0. The monoisotopic (exact) mass is 225 g/mol. The van der Waals surface area contributed by atoms with Crippen LogP contribution < -0.4 is 16.0 Å². The molecular formula is C11H19N3O2. The van der Waals surface area contributed by atoms with Gasteiger partial charge < -0.3 is 16.0 Å². The molecule has 0 saturated carbocycles. The summed E-state index contributed by atoms with van der Waals surface area (Å²) in [6.45, 7) is 1.51. The normalized spacial score (nSPS) is 32.2. The van der Waals surface area contributed by atoms with Crippen LogP contribution in [0.5, 0.6) is 0 Å². The zero-order chi connectivity index (χ0) is 11.5. The Hall–Kier alpha value is -1.10. The first-order valence-corrected chi connectivity index (χ1v) is 5.93. The highest BCUT2D eigenvalue weighted by molar-refractivity contribution is 5.83. The van der Waals surface area contributed by atoms with Crippen LogP contribution in [0.15, 0.2) is 0 Å². The van der Waals surface area contributed by atoms with Crippen molar-refractivity contribution in [3.8, 4) is 0 Å². The van der Waals surface area contributed by atoms with Gasteiger partial charge in [0, 0.05) is 25.0 Å². The highest BCUT2D eigenvalue weighted by Crippen LogP contribution is 2.26. The summed E-state index contributed by atoms with van der Waals surface area (Å²) in [6.07, 6.45) is 4.48. The van der Waals surface area contributed by atoms with Crippen molar-refractivity contribution in [2.24, 2.45) is 0 Å². The molecule has 0 aliphatic carbocycles. The van der Waals surface area contributed by atoms with Gasteiger partial charge in [0.15, 0.2) is 0 Å². The largest absolute Gasteiger partial charge is 0.352 e. The van der Waals surface area contributed by atoms with Gasteiger partial charge in [0.2, 0.25) is 11.8 Å². The van der Waals surface area contributed by atoms with Gasteiger partial charge in [-0.15, -0.1) is 0 Å². The molecule has 2 saturated heterocycles. The molecule has 0 radical (unpaired) electrons. The number of amides is 2. The zero-order valence-corrected chi connectivity index (χ0v) is 9.58. The maximum Gasteiger partial charge on any atom is 0.239 e. The maximum absolute atomic E-state index is 11.5. The van der Waals surface area contributed by atoms with E-state index in [0.717, 1.165) is 12.8 Å². The summed E-state index contributed by atoms with van der Waals surface area (Å²) in [5.41, 5.74) is 0. The topological polar surface area (TPSA) is 70.2 Å². The van der Waals surface area contributed by atoms with Gasteiger partial charge >= 0.3 is 0 Å². The number of nitrogens with one attached hydrogen (secondary N) is 3. The Balaban J connectivity index is 1.73. The van der Waals surface area contributed by atoms with Gasteiger partial charge in [-0.3, -0.25) is 9.59 Å². The van der Waals surface area contributed by atoms with Crippen LogP contribution in [0, 0.1) is 0 Å². The number of hydrogen-bond donors (Lipinski definition) is 3. The molecule has 2 aliphatic rings. The summed E-state index contributed by atoms with van der Waals surface area (Å²) < 4.78 is 0. The van der Waals surface area contributed by atoms with Crippen LogP contribution in [0.2, 0.25) is 0 Å². The molecule has 2 bridgehead atoms. The highest BCUT2D eigenvalue weighted by atomic mass is 16.2. The molecule has 2 heterocycles. The second kappa shape index (κ2) is 4.82. The summed E-state index contributed by atoms with van der Waals surface area (Å²) in [5.74, 6) is -0.248. The lowest BCUT2D eigenvalue weighted by Crippen LogP contribution is -2.49. The number of rotatable bonds is 3. The van der Waals surface area contributed by atoms with Gasteiger partial charge in [-0.1, -0.05) is 0 Å². The van der Waals surface area contributed by atoms with Gasteiger partial charge in [0.1, 0.15) is 0 Å². The average molecular weight is 225 g/mol. The number of hydrogen-bond acceptors (Lipinski definition) is 3. The van der Waals surface area contributed by atoms with E-state index < -0.39 is 0 Å². The fourth-order valence-electron chi connectivity index (χ4n) is 2.66. The minimum absolute atomic E-state index is 0.0819. The van der Waals surface area contributed by atoms with Crippen molar-refractivity contribution >= 4 is 11.8 Å². The first-order valence-electron chi connectivity index (χ1n) is 5.93. The Kier molecular flexibility index (Phi) is 3.43. The molecule has 5 nitrogen and oxygen atoms in total. The minimum atomic E-state index is -0.166. The van der Waals surface area contributed by atoms with E-state index >= 15 is 0 Å². The Morgan fingerprint density at radius 2 is 1.88 bits per heavy atom. The molecule has 2 rings (SSSR count). The molecule has 2 fully saturated rings. The van der Waals surface area contributed by atoms with E-state index in [4.69, 9.17) is 0 Å². The molecular weight excluding hydrogens is 206 g/mol.